The first kappa shape index (κ1) is 18.1. The molecule has 1 amide bonds. The number of nitrogens with zero attached hydrogens (tertiary/aromatic N) is 2. The second kappa shape index (κ2) is 8.10. The largest absolute Gasteiger partial charge is 0.497 e. The molecular weight excluding hydrogens is 356 g/mol. The monoisotopic (exact) mass is 374 g/mol. The van der Waals surface area contributed by atoms with Crippen molar-refractivity contribution >= 4 is 17.5 Å². The Labute approximate surface area is 156 Å². The second-order valence-electron chi connectivity index (χ2n) is 5.80. The van der Waals surface area contributed by atoms with E-state index in [1.54, 1.807) is 31.3 Å². The number of carbonyl (C=O) groups excluding carboxylic acids is 1. The van der Waals surface area contributed by atoms with Gasteiger partial charge in [-0.3, -0.25) is 4.79 Å². The summed E-state index contributed by atoms with van der Waals surface area (Å²) in [5.41, 5.74) is 1.51. The Bertz CT molecular complexity index is 841. The normalized spacial score (nSPS) is 12.0. The Balaban J connectivity index is 1.76. The molecule has 26 heavy (non-hydrogen) atoms. The lowest BCUT2D eigenvalue weighted by atomic mass is 10.1. The van der Waals surface area contributed by atoms with Crippen molar-refractivity contribution in [3.05, 3.63) is 60.2 Å². The third-order valence-corrected chi connectivity index (χ3v) is 4.05. The topological polar surface area (TPSA) is 68.7 Å². The van der Waals surface area contributed by atoms with Gasteiger partial charge in [0.15, 0.2) is 5.76 Å². The van der Waals surface area contributed by atoms with Crippen molar-refractivity contribution in [3.63, 3.8) is 0 Å². The maximum atomic E-state index is 12.4. The van der Waals surface area contributed by atoms with Crippen LogP contribution in [-0.2, 0) is 17.9 Å². The minimum Gasteiger partial charge on any atom is -0.497 e. The minimum atomic E-state index is -0.641. The number of rotatable bonds is 7. The summed E-state index contributed by atoms with van der Waals surface area (Å²) in [6, 6.07) is 12.9. The fourth-order valence-corrected chi connectivity index (χ4v) is 2.67. The van der Waals surface area contributed by atoms with Crippen molar-refractivity contribution in [3.8, 4) is 17.1 Å². The highest BCUT2D eigenvalue weighted by molar-refractivity contribution is 6.30. The first-order valence-corrected chi connectivity index (χ1v) is 8.55. The van der Waals surface area contributed by atoms with E-state index in [2.05, 4.69) is 5.16 Å². The Morgan fingerprint density at radius 1 is 1.27 bits per heavy atom. The van der Waals surface area contributed by atoms with Crippen molar-refractivity contribution in [2.24, 2.45) is 0 Å². The van der Waals surface area contributed by atoms with Gasteiger partial charge in [-0.15, -0.1) is 11.6 Å². The number of aromatic nitrogens is 1. The summed E-state index contributed by atoms with van der Waals surface area (Å²) in [7, 11) is 1.62. The van der Waals surface area contributed by atoms with E-state index in [9.17, 15) is 4.79 Å². The zero-order valence-corrected chi connectivity index (χ0v) is 15.3. The molecular formula is C19H19ClN2O4. The number of benzene rings is 1. The summed E-state index contributed by atoms with van der Waals surface area (Å²) < 4.78 is 15.9. The molecule has 1 atom stereocenters. The molecule has 2 aromatic heterocycles. The van der Waals surface area contributed by atoms with Gasteiger partial charge in [0.25, 0.3) is 0 Å². The maximum absolute atomic E-state index is 12.4. The number of amides is 1. The summed E-state index contributed by atoms with van der Waals surface area (Å²) in [5, 5.41) is 3.43. The van der Waals surface area contributed by atoms with E-state index in [0.717, 1.165) is 11.3 Å². The third-order valence-electron chi connectivity index (χ3n) is 3.87. The predicted octanol–water partition coefficient (Wildman–Crippen LogP) is 4.10. The summed E-state index contributed by atoms with van der Waals surface area (Å²) in [6.07, 6.45) is 1.57. The Kier molecular flexibility index (Phi) is 5.63. The highest BCUT2D eigenvalue weighted by Gasteiger charge is 2.22. The summed E-state index contributed by atoms with van der Waals surface area (Å²) >= 11 is 5.98. The molecule has 2 heterocycles. The SMILES string of the molecule is COc1ccc(-c2cc(CN(Cc3ccco3)C(=O)[C@@H](C)Cl)no2)cc1. The molecule has 0 spiro atoms. The quantitative estimate of drug-likeness (QED) is 0.582. The third kappa shape index (κ3) is 4.26. The average molecular weight is 375 g/mol. The lowest BCUT2D eigenvalue weighted by Crippen LogP contribution is -2.34. The molecule has 0 aliphatic carbocycles. The molecule has 3 aromatic rings. The first-order valence-electron chi connectivity index (χ1n) is 8.12. The molecule has 6 nitrogen and oxygen atoms in total. The lowest BCUT2D eigenvalue weighted by molar-refractivity contribution is -0.132. The van der Waals surface area contributed by atoms with Crippen LogP contribution in [-0.4, -0.2) is 28.5 Å². The van der Waals surface area contributed by atoms with Gasteiger partial charge in [0.2, 0.25) is 5.91 Å². The fraction of sp³-hybridized carbons (Fsp3) is 0.263. The summed E-state index contributed by atoms with van der Waals surface area (Å²) in [4.78, 5) is 14.0. The highest BCUT2D eigenvalue weighted by atomic mass is 35.5. The van der Waals surface area contributed by atoms with Gasteiger partial charge in [-0.1, -0.05) is 5.16 Å². The number of alkyl halides is 1. The molecule has 3 rings (SSSR count). The number of hydrogen-bond acceptors (Lipinski definition) is 5. The van der Waals surface area contributed by atoms with Crippen LogP contribution in [0.3, 0.4) is 0 Å². The molecule has 0 aliphatic heterocycles. The highest BCUT2D eigenvalue weighted by Crippen LogP contribution is 2.24. The fourth-order valence-electron chi connectivity index (χ4n) is 2.53. The number of methoxy groups -OCH3 is 1. The van der Waals surface area contributed by atoms with Crippen LogP contribution in [0.5, 0.6) is 5.75 Å². The van der Waals surface area contributed by atoms with Crippen LogP contribution in [0.4, 0.5) is 0 Å². The van der Waals surface area contributed by atoms with Gasteiger partial charge in [-0.05, 0) is 43.3 Å². The Morgan fingerprint density at radius 2 is 2.04 bits per heavy atom. The van der Waals surface area contributed by atoms with Crippen molar-refractivity contribution in [2.75, 3.05) is 7.11 Å². The van der Waals surface area contributed by atoms with Gasteiger partial charge >= 0.3 is 0 Å². The standard InChI is InChI=1S/C19H19ClN2O4/c1-13(20)19(23)22(12-17-4-3-9-25-17)11-15-10-18(26-21-15)14-5-7-16(24-2)8-6-14/h3-10,13H,11-12H2,1-2H3/t13-/m1/s1. The Hall–Kier alpha value is -2.73. The van der Waals surface area contributed by atoms with E-state index in [0.29, 0.717) is 23.8 Å². The van der Waals surface area contributed by atoms with Gasteiger partial charge in [0.1, 0.15) is 22.6 Å². The Morgan fingerprint density at radius 3 is 2.65 bits per heavy atom. The van der Waals surface area contributed by atoms with E-state index in [1.807, 2.05) is 36.4 Å². The van der Waals surface area contributed by atoms with E-state index in [-0.39, 0.29) is 12.5 Å². The molecule has 136 valence electrons. The van der Waals surface area contributed by atoms with E-state index in [4.69, 9.17) is 25.3 Å². The van der Waals surface area contributed by atoms with Crippen LogP contribution in [0.15, 0.2) is 57.7 Å². The predicted molar refractivity (Wildman–Crippen MR) is 96.8 cm³/mol. The van der Waals surface area contributed by atoms with E-state index >= 15 is 0 Å². The molecule has 0 saturated heterocycles. The number of hydrogen-bond donors (Lipinski definition) is 0. The van der Waals surface area contributed by atoms with Crippen LogP contribution in [0.25, 0.3) is 11.3 Å². The molecule has 0 bridgehead atoms. The van der Waals surface area contributed by atoms with Gasteiger partial charge < -0.3 is 18.6 Å². The summed E-state index contributed by atoms with van der Waals surface area (Å²) in [6.45, 7) is 2.23. The van der Waals surface area contributed by atoms with Crippen LogP contribution >= 0.6 is 11.6 Å². The molecule has 7 heteroatoms. The maximum Gasteiger partial charge on any atom is 0.241 e. The minimum absolute atomic E-state index is 0.197. The van der Waals surface area contributed by atoms with Crippen molar-refractivity contribution in [1.82, 2.24) is 10.1 Å². The lowest BCUT2D eigenvalue weighted by Gasteiger charge is -2.21. The molecule has 0 radical (unpaired) electrons. The molecule has 0 fully saturated rings. The van der Waals surface area contributed by atoms with Crippen molar-refractivity contribution in [1.29, 1.82) is 0 Å². The van der Waals surface area contributed by atoms with Crippen LogP contribution in [0.1, 0.15) is 18.4 Å². The molecule has 0 saturated carbocycles. The van der Waals surface area contributed by atoms with Crippen molar-refractivity contribution < 1.29 is 18.5 Å². The van der Waals surface area contributed by atoms with E-state index in [1.165, 1.54) is 0 Å². The van der Waals surface area contributed by atoms with Crippen LogP contribution in [0.2, 0.25) is 0 Å². The molecule has 0 aliphatic rings. The van der Waals surface area contributed by atoms with Crippen LogP contribution < -0.4 is 4.74 Å². The zero-order valence-electron chi connectivity index (χ0n) is 14.5. The second-order valence-corrected chi connectivity index (χ2v) is 6.46. The van der Waals surface area contributed by atoms with Gasteiger partial charge in [-0.25, -0.2) is 0 Å². The van der Waals surface area contributed by atoms with Crippen LogP contribution in [0, 0.1) is 0 Å². The zero-order chi connectivity index (χ0) is 18.5. The van der Waals surface area contributed by atoms with Gasteiger partial charge in [-0.2, -0.15) is 0 Å². The first-order chi connectivity index (χ1) is 12.6. The average Bonchev–Trinajstić information content (AvgIpc) is 3.32. The summed E-state index contributed by atoms with van der Waals surface area (Å²) in [5.74, 6) is 1.86. The van der Waals surface area contributed by atoms with Gasteiger partial charge in [0, 0.05) is 11.6 Å². The van der Waals surface area contributed by atoms with E-state index < -0.39 is 5.38 Å². The van der Waals surface area contributed by atoms with Gasteiger partial charge in [0.05, 0.1) is 26.5 Å². The number of ether oxygens (including phenoxy) is 1. The molecule has 1 aromatic carbocycles. The van der Waals surface area contributed by atoms with Crippen molar-refractivity contribution in [2.45, 2.75) is 25.4 Å². The molecule has 0 N–H and O–H groups in total. The number of carbonyl (C=O) groups is 1. The molecule has 0 unspecified atom stereocenters. The number of furan rings is 1. The smallest absolute Gasteiger partial charge is 0.241 e. The number of halogens is 1.